The highest BCUT2D eigenvalue weighted by molar-refractivity contribution is 14.1. The topological polar surface area (TPSA) is 42.0 Å². The van der Waals surface area contributed by atoms with E-state index < -0.39 is 0 Å². The van der Waals surface area contributed by atoms with E-state index in [2.05, 4.69) is 39.0 Å². The van der Waals surface area contributed by atoms with Crippen molar-refractivity contribution >= 4 is 50.1 Å². The molecule has 0 saturated heterocycles. The number of para-hydroxylation sites is 1. The SMILES string of the molecule is O=C(NCCc1nc2ccccc2s1)c1cccc(I)c1. The zero-order valence-corrected chi connectivity index (χ0v) is 14.1. The van der Waals surface area contributed by atoms with Crippen molar-refractivity contribution in [2.24, 2.45) is 0 Å². The third-order valence-electron chi connectivity index (χ3n) is 3.05. The van der Waals surface area contributed by atoms with Crippen molar-refractivity contribution in [3.05, 3.63) is 62.7 Å². The minimum Gasteiger partial charge on any atom is -0.352 e. The first-order valence-corrected chi connectivity index (χ1v) is 8.50. The molecule has 0 bridgehead atoms. The molecule has 3 aromatic rings. The van der Waals surface area contributed by atoms with E-state index in [1.165, 1.54) is 4.70 Å². The Labute approximate surface area is 140 Å². The van der Waals surface area contributed by atoms with Gasteiger partial charge in [-0.3, -0.25) is 4.79 Å². The van der Waals surface area contributed by atoms with Crippen LogP contribution in [0.2, 0.25) is 0 Å². The zero-order chi connectivity index (χ0) is 14.7. The van der Waals surface area contributed by atoms with Crippen LogP contribution in [0.5, 0.6) is 0 Å². The number of carbonyl (C=O) groups excluding carboxylic acids is 1. The quantitative estimate of drug-likeness (QED) is 0.666. The van der Waals surface area contributed by atoms with Gasteiger partial charge in [-0.05, 0) is 52.9 Å². The van der Waals surface area contributed by atoms with E-state index in [0.29, 0.717) is 12.1 Å². The first-order chi connectivity index (χ1) is 10.2. The van der Waals surface area contributed by atoms with Gasteiger partial charge >= 0.3 is 0 Å². The number of fused-ring (bicyclic) bond motifs is 1. The van der Waals surface area contributed by atoms with Crippen molar-refractivity contribution in [2.75, 3.05) is 6.54 Å². The fraction of sp³-hybridized carbons (Fsp3) is 0.125. The normalized spacial score (nSPS) is 10.7. The number of amides is 1. The molecular weight excluding hydrogens is 395 g/mol. The van der Waals surface area contributed by atoms with Gasteiger partial charge in [0.15, 0.2) is 0 Å². The third kappa shape index (κ3) is 3.59. The van der Waals surface area contributed by atoms with Crippen LogP contribution in [0.3, 0.4) is 0 Å². The Balaban J connectivity index is 1.59. The van der Waals surface area contributed by atoms with E-state index in [4.69, 9.17) is 0 Å². The molecule has 5 heteroatoms. The van der Waals surface area contributed by atoms with Gasteiger partial charge < -0.3 is 5.32 Å². The highest BCUT2D eigenvalue weighted by atomic mass is 127. The van der Waals surface area contributed by atoms with Crippen LogP contribution >= 0.6 is 33.9 Å². The van der Waals surface area contributed by atoms with E-state index >= 15 is 0 Å². The number of benzene rings is 2. The second-order valence-electron chi connectivity index (χ2n) is 4.59. The van der Waals surface area contributed by atoms with Crippen molar-refractivity contribution in [1.82, 2.24) is 10.3 Å². The highest BCUT2D eigenvalue weighted by Gasteiger charge is 2.07. The number of rotatable bonds is 4. The number of halogens is 1. The summed E-state index contributed by atoms with van der Waals surface area (Å²) in [6.07, 6.45) is 0.759. The molecule has 0 saturated carbocycles. The van der Waals surface area contributed by atoms with Crippen LogP contribution in [-0.2, 0) is 6.42 Å². The van der Waals surface area contributed by atoms with Gasteiger partial charge in [-0.25, -0.2) is 4.98 Å². The fourth-order valence-corrected chi connectivity index (χ4v) is 3.55. The maximum absolute atomic E-state index is 12.0. The summed E-state index contributed by atoms with van der Waals surface area (Å²) in [6.45, 7) is 0.601. The molecule has 1 amide bonds. The molecule has 1 aromatic heterocycles. The van der Waals surface area contributed by atoms with Crippen LogP contribution in [-0.4, -0.2) is 17.4 Å². The average molecular weight is 408 g/mol. The predicted molar refractivity (Wildman–Crippen MR) is 94.8 cm³/mol. The largest absolute Gasteiger partial charge is 0.352 e. The summed E-state index contributed by atoms with van der Waals surface area (Å²) in [5.41, 5.74) is 1.73. The number of nitrogens with one attached hydrogen (secondary N) is 1. The van der Waals surface area contributed by atoms with Gasteiger partial charge in [-0.15, -0.1) is 11.3 Å². The van der Waals surface area contributed by atoms with Gasteiger partial charge in [0.05, 0.1) is 15.2 Å². The molecule has 106 valence electrons. The summed E-state index contributed by atoms with van der Waals surface area (Å²) >= 11 is 3.89. The summed E-state index contributed by atoms with van der Waals surface area (Å²) in [4.78, 5) is 16.6. The van der Waals surface area contributed by atoms with Crippen LogP contribution in [0.15, 0.2) is 48.5 Å². The maximum atomic E-state index is 12.0. The molecule has 2 aromatic carbocycles. The lowest BCUT2D eigenvalue weighted by atomic mass is 10.2. The molecule has 0 aliphatic rings. The lowest BCUT2D eigenvalue weighted by Gasteiger charge is -2.04. The molecule has 3 rings (SSSR count). The zero-order valence-electron chi connectivity index (χ0n) is 11.2. The molecule has 1 heterocycles. The van der Waals surface area contributed by atoms with Gasteiger partial charge in [-0.2, -0.15) is 0 Å². The molecule has 3 nitrogen and oxygen atoms in total. The number of hydrogen-bond acceptors (Lipinski definition) is 3. The van der Waals surface area contributed by atoms with E-state index in [-0.39, 0.29) is 5.91 Å². The third-order valence-corrected chi connectivity index (χ3v) is 4.82. The second-order valence-corrected chi connectivity index (χ2v) is 6.95. The van der Waals surface area contributed by atoms with E-state index in [9.17, 15) is 4.79 Å². The molecule has 21 heavy (non-hydrogen) atoms. The Kier molecular flexibility index (Phi) is 4.50. The minimum atomic E-state index is -0.0328. The maximum Gasteiger partial charge on any atom is 0.251 e. The monoisotopic (exact) mass is 408 g/mol. The van der Waals surface area contributed by atoms with Gasteiger partial charge in [0.1, 0.15) is 0 Å². The fourth-order valence-electron chi connectivity index (χ4n) is 2.04. The van der Waals surface area contributed by atoms with Crippen molar-refractivity contribution in [2.45, 2.75) is 6.42 Å². The lowest BCUT2D eigenvalue weighted by Crippen LogP contribution is -2.25. The van der Waals surface area contributed by atoms with Gasteiger partial charge in [-0.1, -0.05) is 18.2 Å². The first kappa shape index (κ1) is 14.5. The van der Waals surface area contributed by atoms with Crippen molar-refractivity contribution < 1.29 is 4.79 Å². The summed E-state index contributed by atoms with van der Waals surface area (Å²) in [7, 11) is 0. The molecule has 0 aliphatic heterocycles. The van der Waals surface area contributed by atoms with Crippen molar-refractivity contribution in [1.29, 1.82) is 0 Å². The van der Waals surface area contributed by atoms with Crippen LogP contribution in [0.1, 0.15) is 15.4 Å². The second kappa shape index (κ2) is 6.53. The summed E-state index contributed by atoms with van der Waals surface area (Å²) in [6, 6.07) is 15.7. The number of nitrogens with zero attached hydrogens (tertiary/aromatic N) is 1. The minimum absolute atomic E-state index is 0.0328. The molecule has 1 N–H and O–H groups in total. The smallest absolute Gasteiger partial charge is 0.251 e. The van der Waals surface area contributed by atoms with Crippen LogP contribution in [0.25, 0.3) is 10.2 Å². The van der Waals surface area contributed by atoms with Crippen LogP contribution in [0, 0.1) is 3.57 Å². The molecule has 0 spiro atoms. The molecule has 0 aliphatic carbocycles. The molecule has 0 radical (unpaired) electrons. The standard InChI is InChI=1S/C16H13IN2OS/c17-12-5-3-4-11(10-12)16(20)18-9-8-15-19-13-6-1-2-7-14(13)21-15/h1-7,10H,8-9H2,(H,18,20). The van der Waals surface area contributed by atoms with Crippen LogP contribution < -0.4 is 5.32 Å². The highest BCUT2D eigenvalue weighted by Crippen LogP contribution is 2.21. The summed E-state index contributed by atoms with van der Waals surface area (Å²) < 4.78 is 2.25. The first-order valence-electron chi connectivity index (χ1n) is 6.60. The van der Waals surface area contributed by atoms with E-state index in [1.54, 1.807) is 11.3 Å². The Morgan fingerprint density at radius 2 is 2.05 bits per heavy atom. The number of carbonyl (C=O) groups is 1. The molecule has 0 unspecified atom stereocenters. The van der Waals surface area contributed by atoms with Gasteiger partial charge in [0.25, 0.3) is 5.91 Å². The van der Waals surface area contributed by atoms with Crippen molar-refractivity contribution in [3.63, 3.8) is 0 Å². The lowest BCUT2D eigenvalue weighted by molar-refractivity contribution is 0.0954. The van der Waals surface area contributed by atoms with E-state index in [0.717, 1.165) is 20.5 Å². The molecular formula is C16H13IN2OS. The molecule has 0 atom stereocenters. The Morgan fingerprint density at radius 1 is 1.19 bits per heavy atom. The Hall–Kier alpha value is -1.47. The number of aromatic nitrogens is 1. The summed E-state index contributed by atoms with van der Waals surface area (Å²) in [5.74, 6) is -0.0328. The van der Waals surface area contributed by atoms with Crippen LogP contribution in [0.4, 0.5) is 0 Å². The van der Waals surface area contributed by atoms with Gasteiger partial charge in [0, 0.05) is 22.1 Å². The Morgan fingerprint density at radius 3 is 2.86 bits per heavy atom. The average Bonchev–Trinajstić information content (AvgIpc) is 2.89. The predicted octanol–water partition coefficient (Wildman–Crippen LogP) is 3.87. The number of thiazole rings is 1. The summed E-state index contributed by atoms with van der Waals surface area (Å²) in [5, 5.41) is 4.00. The van der Waals surface area contributed by atoms with E-state index in [1.807, 2.05) is 42.5 Å². The van der Waals surface area contributed by atoms with Crippen molar-refractivity contribution in [3.8, 4) is 0 Å². The van der Waals surface area contributed by atoms with Gasteiger partial charge in [0.2, 0.25) is 0 Å². The molecule has 0 fully saturated rings. The number of hydrogen-bond donors (Lipinski definition) is 1. The Bertz CT molecular complexity index is 752.